The summed E-state index contributed by atoms with van der Waals surface area (Å²) in [7, 11) is 0. The number of aromatic nitrogens is 2. The fraction of sp³-hybridized carbons (Fsp3) is 0.200. The molecule has 0 bridgehead atoms. The van der Waals surface area contributed by atoms with Crippen molar-refractivity contribution in [2.45, 2.75) is 26.3 Å². The zero-order chi connectivity index (χ0) is 18.7. The van der Waals surface area contributed by atoms with Gasteiger partial charge in [0, 0.05) is 20.7 Å². The van der Waals surface area contributed by atoms with E-state index in [0.29, 0.717) is 16.8 Å². The molecule has 0 aliphatic rings. The smallest absolute Gasteiger partial charge is 0.225 e. The quantitative estimate of drug-likeness (QED) is 0.429. The molecule has 134 valence electrons. The van der Waals surface area contributed by atoms with E-state index in [1.165, 1.54) is 0 Å². The van der Waals surface area contributed by atoms with Gasteiger partial charge in [-0.15, -0.1) is 0 Å². The number of rotatable bonds is 4. The van der Waals surface area contributed by atoms with Crippen molar-refractivity contribution in [2.24, 2.45) is 0 Å². The Morgan fingerprint density at radius 2 is 1.69 bits per heavy atom. The minimum absolute atomic E-state index is 0.146. The third-order valence-corrected chi connectivity index (χ3v) is 4.46. The summed E-state index contributed by atoms with van der Waals surface area (Å²) < 4.78 is 1.08. The summed E-state index contributed by atoms with van der Waals surface area (Å²) in [6, 6.07) is 17.8. The maximum Gasteiger partial charge on any atom is 0.225 e. The Labute approximate surface area is 172 Å². The topological polar surface area (TPSA) is 49.8 Å². The van der Waals surface area contributed by atoms with Crippen molar-refractivity contribution in [1.82, 2.24) is 9.97 Å². The molecule has 0 aliphatic heterocycles. The number of anilines is 3. The third-order valence-electron chi connectivity index (χ3n) is 3.48. The van der Waals surface area contributed by atoms with Crippen molar-refractivity contribution in [3.8, 4) is 11.3 Å². The highest BCUT2D eigenvalue weighted by atomic mass is 127. The van der Waals surface area contributed by atoms with Gasteiger partial charge in [-0.2, -0.15) is 4.98 Å². The molecule has 0 saturated carbocycles. The minimum Gasteiger partial charge on any atom is -0.350 e. The molecule has 1 heterocycles. The third kappa shape index (κ3) is 5.08. The van der Waals surface area contributed by atoms with Crippen LogP contribution in [0.2, 0.25) is 5.02 Å². The van der Waals surface area contributed by atoms with E-state index in [0.717, 1.165) is 20.5 Å². The maximum atomic E-state index is 6.36. The van der Waals surface area contributed by atoms with E-state index in [4.69, 9.17) is 11.6 Å². The highest BCUT2D eigenvalue weighted by molar-refractivity contribution is 14.1. The number of hydrogen-bond donors (Lipinski definition) is 2. The largest absolute Gasteiger partial charge is 0.350 e. The number of nitrogens with zero attached hydrogens (tertiary/aromatic N) is 2. The second-order valence-electron chi connectivity index (χ2n) is 6.95. The summed E-state index contributed by atoms with van der Waals surface area (Å²) in [5, 5.41) is 7.31. The van der Waals surface area contributed by atoms with Gasteiger partial charge in [0.1, 0.15) is 5.82 Å². The summed E-state index contributed by atoms with van der Waals surface area (Å²) in [5.41, 5.74) is 2.54. The van der Waals surface area contributed by atoms with Crippen LogP contribution in [0.3, 0.4) is 0 Å². The minimum atomic E-state index is -0.146. The highest BCUT2D eigenvalue weighted by Crippen LogP contribution is 2.29. The summed E-state index contributed by atoms with van der Waals surface area (Å²) in [6.07, 6.45) is 0. The molecular formula is C20H20ClIN4. The van der Waals surface area contributed by atoms with Crippen molar-refractivity contribution in [2.75, 3.05) is 10.6 Å². The van der Waals surface area contributed by atoms with E-state index < -0.39 is 0 Å². The number of halogens is 2. The van der Waals surface area contributed by atoms with Crippen molar-refractivity contribution >= 4 is 51.6 Å². The Morgan fingerprint density at radius 3 is 2.35 bits per heavy atom. The lowest BCUT2D eigenvalue weighted by atomic mass is 10.1. The summed E-state index contributed by atoms with van der Waals surface area (Å²) in [4.78, 5) is 9.28. The van der Waals surface area contributed by atoms with Crippen LogP contribution in [0.4, 0.5) is 17.5 Å². The number of hydrogen-bond acceptors (Lipinski definition) is 4. The average molecular weight is 479 g/mol. The first-order chi connectivity index (χ1) is 12.3. The zero-order valence-corrected chi connectivity index (χ0v) is 17.8. The van der Waals surface area contributed by atoms with E-state index in [2.05, 4.69) is 64.0 Å². The van der Waals surface area contributed by atoms with Gasteiger partial charge < -0.3 is 10.6 Å². The molecule has 26 heavy (non-hydrogen) atoms. The molecular weight excluding hydrogens is 459 g/mol. The predicted octanol–water partition coefficient (Wildman–Crippen LogP) is 6.36. The standard InChI is InChI=1S/C20H20ClIN4/c1-20(2,3)26-19-24-17(13-7-5-4-6-8-13)12-18(25-19)23-16-10-9-14(22)11-15(16)21/h4-12H,1-3H3,(H2,23,24,25,26). The van der Waals surface area contributed by atoms with Crippen LogP contribution in [0, 0.1) is 3.57 Å². The predicted molar refractivity (Wildman–Crippen MR) is 118 cm³/mol. The molecule has 4 nitrogen and oxygen atoms in total. The van der Waals surface area contributed by atoms with Gasteiger partial charge in [0.05, 0.1) is 16.4 Å². The van der Waals surface area contributed by atoms with E-state index in [1.54, 1.807) is 0 Å². The summed E-state index contributed by atoms with van der Waals surface area (Å²) in [6.45, 7) is 6.23. The molecule has 0 atom stereocenters. The van der Waals surface area contributed by atoms with Gasteiger partial charge in [-0.3, -0.25) is 0 Å². The van der Waals surface area contributed by atoms with Crippen molar-refractivity contribution in [3.63, 3.8) is 0 Å². The van der Waals surface area contributed by atoms with Crippen molar-refractivity contribution in [3.05, 3.63) is 63.2 Å². The number of benzene rings is 2. The fourth-order valence-electron chi connectivity index (χ4n) is 2.39. The lowest BCUT2D eigenvalue weighted by molar-refractivity contribution is 0.626. The van der Waals surface area contributed by atoms with E-state index >= 15 is 0 Å². The molecule has 1 aromatic heterocycles. The van der Waals surface area contributed by atoms with Gasteiger partial charge in [-0.25, -0.2) is 4.98 Å². The first kappa shape index (κ1) is 18.9. The highest BCUT2D eigenvalue weighted by Gasteiger charge is 2.14. The summed E-state index contributed by atoms with van der Waals surface area (Å²) in [5.74, 6) is 1.26. The van der Waals surface area contributed by atoms with Crippen LogP contribution in [0.1, 0.15) is 20.8 Å². The molecule has 2 aromatic carbocycles. The van der Waals surface area contributed by atoms with Crippen molar-refractivity contribution in [1.29, 1.82) is 0 Å². The van der Waals surface area contributed by atoms with Crippen LogP contribution in [0.25, 0.3) is 11.3 Å². The molecule has 3 rings (SSSR count). The molecule has 0 saturated heterocycles. The Kier molecular flexibility index (Phi) is 5.67. The Bertz CT molecular complexity index is 907. The van der Waals surface area contributed by atoms with Gasteiger partial charge in [-0.05, 0) is 61.6 Å². The van der Waals surface area contributed by atoms with E-state index in [9.17, 15) is 0 Å². The monoisotopic (exact) mass is 478 g/mol. The molecule has 0 aliphatic carbocycles. The number of nitrogens with one attached hydrogen (secondary N) is 2. The van der Waals surface area contributed by atoms with Gasteiger partial charge in [0.15, 0.2) is 0 Å². The first-order valence-electron chi connectivity index (χ1n) is 8.25. The SMILES string of the molecule is CC(C)(C)Nc1nc(Nc2ccc(I)cc2Cl)cc(-c2ccccc2)n1. The lowest BCUT2D eigenvalue weighted by Gasteiger charge is -2.21. The average Bonchev–Trinajstić information content (AvgIpc) is 2.56. The fourth-order valence-corrected chi connectivity index (χ4v) is 3.29. The van der Waals surface area contributed by atoms with Crippen molar-refractivity contribution < 1.29 is 0 Å². The maximum absolute atomic E-state index is 6.36. The van der Waals surface area contributed by atoms with Crippen LogP contribution >= 0.6 is 34.2 Å². The van der Waals surface area contributed by atoms with Gasteiger partial charge in [0.2, 0.25) is 5.95 Å². The Morgan fingerprint density at radius 1 is 0.962 bits per heavy atom. The van der Waals surface area contributed by atoms with Crippen LogP contribution in [-0.4, -0.2) is 15.5 Å². The zero-order valence-electron chi connectivity index (χ0n) is 14.8. The molecule has 2 N–H and O–H groups in total. The summed E-state index contributed by atoms with van der Waals surface area (Å²) >= 11 is 8.59. The molecule has 0 unspecified atom stereocenters. The van der Waals surface area contributed by atoms with Gasteiger partial charge >= 0.3 is 0 Å². The Balaban J connectivity index is 2.01. The van der Waals surface area contributed by atoms with Crippen LogP contribution in [0.15, 0.2) is 54.6 Å². The molecule has 6 heteroatoms. The molecule has 0 radical (unpaired) electrons. The van der Waals surface area contributed by atoms with Gasteiger partial charge in [-0.1, -0.05) is 41.9 Å². The van der Waals surface area contributed by atoms with Crippen LogP contribution in [0.5, 0.6) is 0 Å². The van der Waals surface area contributed by atoms with Crippen LogP contribution in [-0.2, 0) is 0 Å². The van der Waals surface area contributed by atoms with E-state index in [-0.39, 0.29) is 5.54 Å². The van der Waals surface area contributed by atoms with Crippen LogP contribution < -0.4 is 10.6 Å². The van der Waals surface area contributed by atoms with Gasteiger partial charge in [0.25, 0.3) is 0 Å². The normalized spacial score (nSPS) is 11.3. The Hall–Kier alpha value is -1.86. The molecule has 0 fully saturated rings. The lowest BCUT2D eigenvalue weighted by Crippen LogP contribution is -2.27. The van der Waals surface area contributed by atoms with E-state index in [1.807, 2.05) is 54.6 Å². The first-order valence-corrected chi connectivity index (χ1v) is 9.71. The second-order valence-corrected chi connectivity index (χ2v) is 8.61. The molecule has 3 aromatic rings. The second kappa shape index (κ2) is 7.80. The molecule has 0 amide bonds. The molecule has 0 spiro atoms.